The van der Waals surface area contributed by atoms with Crippen molar-refractivity contribution < 1.29 is 19.1 Å². The predicted molar refractivity (Wildman–Crippen MR) is 88.0 cm³/mol. The quantitative estimate of drug-likeness (QED) is 0.672. The standard InChI is InChI=1S/C17H16ClNO4/c1-22-14-5-3-4-12(10-14)15(18)16(20)19-13-8-6-11(7-9-13)17(21)23-2/h3-10,15H,1-2H3,(H,19,20). The fourth-order valence-corrected chi connectivity index (χ4v) is 2.15. The number of carbonyl (C=O) groups excluding carboxylic acids is 2. The van der Waals surface area contributed by atoms with Crippen molar-refractivity contribution in [2.24, 2.45) is 0 Å². The third kappa shape index (κ3) is 4.23. The van der Waals surface area contributed by atoms with E-state index in [0.29, 0.717) is 22.6 Å². The van der Waals surface area contributed by atoms with E-state index in [9.17, 15) is 9.59 Å². The van der Waals surface area contributed by atoms with Crippen LogP contribution in [0, 0.1) is 0 Å². The van der Waals surface area contributed by atoms with Crippen LogP contribution in [0.2, 0.25) is 0 Å². The molecule has 0 saturated heterocycles. The molecule has 23 heavy (non-hydrogen) atoms. The molecule has 1 N–H and O–H groups in total. The number of amides is 1. The van der Waals surface area contributed by atoms with Gasteiger partial charge in [-0.2, -0.15) is 0 Å². The summed E-state index contributed by atoms with van der Waals surface area (Å²) >= 11 is 6.20. The highest BCUT2D eigenvalue weighted by Gasteiger charge is 2.18. The Morgan fingerprint density at radius 2 is 1.78 bits per heavy atom. The van der Waals surface area contributed by atoms with Gasteiger partial charge in [-0.1, -0.05) is 12.1 Å². The molecule has 0 spiro atoms. The lowest BCUT2D eigenvalue weighted by molar-refractivity contribution is -0.116. The van der Waals surface area contributed by atoms with E-state index in [-0.39, 0.29) is 5.91 Å². The molecule has 120 valence electrons. The van der Waals surface area contributed by atoms with Crippen LogP contribution in [0.25, 0.3) is 0 Å². The minimum absolute atomic E-state index is 0.370. The smallest absolute Gasteiger partial charge is 0.337 e. The lowest BCUT2D eigenvalue weighted by atomic mass is 10.1. The van der Waals surface area contributed by atoms with E-state index >= 15 is 0 Å². The summed E-state index contributed by atoms with van der Waals surface area (Å²) in [6.07, 6.45) is 0. The molecular weight excluding hydrogens is 318 g/mol. The SMILES string of the molecule is COC(=O)c1ccc(NC(=O)C(Cl)c2cccc(OC)c2)cc1. The summed E-state index contributed by atoms with van der Waals surface area (Å²) in [5.41, 5.74) is 1.58. The average molecular weight is 334 g/mol. The van der Waals surface area contributed by atoms with Crippen molar-refractivity contribution >= 4 is 29.2 Å². The molecule has 0 bridgehead atoms. The molecule has 0 heterocycles. The summed E-state index contributed by atoms with van der Waals surface area (Å²) in [5.74, 6) is -0.177. The molecule has 0 aliphatic carbocycles. The third-order valence-electron chi connectivity index (χ3n) is 3.19. The van der Waals surface area contributed by atoms with Crippen molar-refractivity contribution in [3.63, 3.8) is 0 Å². The largest absolute Gasteiger partial charge is 0.497 e. The van der Waals surface area contributed by atoms with Crippen molar-refractivity contribution in [1.82, 2.24) is 0 Å². The van der Waals surface area contributed by atoms with Gasteiger partial charge in [-0.15, -0.1) is 11.6 Å². The van der Waals surface area contributed by atoms with Crippen LogP contribution in [-0.4, -0.2) is 26.1 Å². The van der Waals surface area contributed by atoms with Crippen LogP contribution in [0.5, 0.6) is 5.75 Å². The van der Waals surface area contributed by atoms with E-state index in [1.165, 1.54) is 7.11 Å². The number of alkyl halides is 1. The summed E-state index contributed by atoms with van der Waals surface area (Å²) in [5, 5.41) is 1.84. The first-order chi connectivity index (χ1) is 11.0. The minimum atomic E-state index is -0.856. The molecule has 1 unspecified atom stereocenters. The fourth-order valence-electron chi connectivity index (χ4n) is 1.96. The average Bonchev–Trinajstić information content (AvgIpc) is 2.61. The molecule has 2 aromatic rings. The second kappa shape index (κ2) is 7.65. The lowest BCUT2D eigenvalue weighted by Crippen LogP contribution is -2.17. The van der Waals surface area contributed by atoms with Gasteiger partial charge in [0.15, 0.2) is 0 Å². The summed E-state index contributed by atoms with van der Waals surface area (Å²) in [4.78, 5) is 23.6. The van der Waals surface area contributed by atoms with Crippen molar-refractivity contribution in [3.8, 4) is 5.75 Å². The number of carbonyl (C=O) groups is 2. The Hall–Kier alpha value is -2.53. The van der Waals surface area contributed by atoms with Crippen molar-refractivity contribution in [2.45, 2.75) is 5.38 Å². The number of rotatable bonds is 5. The van der Waals surface area contributed by atoms with Crippen LogP contribution < -0.4 is 10.1 Å². The van der Waals surface area contributed by atoms with Gasteiger partial charge in [0.05, 0.1) is 19.8 Å². The lowest BCUT2D eigenvalue weighted by Gasteiger charge is -2.12. The van der Waals surface area contributed by atoms with Crippen molar-refractivity contribution in [1.29, 1.82) is 0 Å². The number of anilines is 1. The van der Waals surface area contributed by atoms with Gasteiger partial charge < -0.3 is 14.8 Å². The number of ether oxygens (including phenoxy) is 2. The first kappa shape index (κ1) is 16.8. The fraction of sp³-hybridized carbons (Fsp3) is 0.176. The minimum Gasteiger partial charge on any atom is -0.497 e. The molecule has 0 aromatic heterocycles. The Kier molecular flexibility index (Phi) is 5.60. The van der Waals surface area contributed by atoms with Gasteiger partial charge in [-0.05, 0) is 42.0 Å². The number of benzene rings is 2. The molecule has 0 aliphatic rings. The summed E-state index contributed by atoms with van der Waals surface area (Å²) < 4.78 is 9.73. The number of esters is 1. The second-order valence-corrected chi connectivity index (χ2v) is 5.13. The van der Waals surface area contributed by atoms with Crippen LogP contribution >= 0.6 is 11.6 Å². The van der Waals surface area contributed by atoms with E-state index < -0.39 is 11.3 Å². The Bertz CT molecular complexity index is 700. The number of halogens is 1. The molecule has 0 radical (unpaired) electrons. The molecule has 5 nitrogen and oxygen atoms in total. The first-order valence-corrected chi connectivity index (χ1v) is 7.26. The van der Waals surface area contributed by atoms with E-state index in [1.807, 2.05) is 0 Å². The highest BCUT2D eigenvalue weighted by Crippen LogP contribution is 2.25. The molecule has 0 aliphatic heterocycles. The zero-order chi connectivity index (χ0) is 16.8. The Morgan fingerprint density at radius 1 is 1.09 bits per heavy atom. The predicted octanol–water partition coefficient (Wildman–Crippen LogP) is 3.40. The normalized spacial score (nSPS) is 11.4. The van der Waals surface area contributed by atoms with Gasteiger partial charge in [0.2, 0.25) is 5.91 Å². The molecule has 1 atom stereocenters. The summed E-state index contributed by atoms with van der Waals surface area (Å²) in [6.45, 7) is 0. The zero-order valence-corrected chi connectivity index (χ0v) is 13.5. The molecular formula is C17H16ClNO4. The Balaban J connectivity index is 2.07. The molecule has 0 fully saturated rings. The highest BCUT2D eigenvalue weighted by molar-refractivity contribution is 6.32. The van der Waals surface area contributed by atoms with Gasteiger partial charge in [-0.3, -0.25) is 4.79 Å². The van der Waals surface area contributed by atoms with E-state index in [4.69, 9.17) is 16.3 Å². The van der Waals surface area contributed by atoms with Gasteiger partial charge in [0, 0.05) is 5.69 Å². The Labute approximate surface area is 139 Å². The Morgan fingerprint density at radius 3 is 2.39 bits per heavy atom. The maximum Gasteiger partial charge on any atom is 0.337 e. The van der Waals surface area contributed by atoms with Crippen molar-refractivity contribution in [2.75, 3.05) is 19.5 Å². The van der Waals surface area contributed by atoms with Crippen LogP contribution in [0.4, 0.5) is 5.69 Å². The summed E-state index contributed by atoms with van der Waals surface area (Å²) in [7, 11) is 2.86. The number of hydrogen-bond donors (Lipinski definition) is 1. The molecule has 2 aromatic carbocycles. The highest BCUT2D eigenvalue weighted by atomic mass is 35.5. The monoisotopic (exact) mass is 333 g/mol. The van der Waals surface area contributed by atoms with E-state index in [0.717, 1.165) is 0 Å². The van der Waals surface area contributed by atoms with Crippen molar-refractivity contribution in [3.05, 3.63) is 59.7 Å². The van der Waals surface area contributed by atoms with E-state index in [2.05, 4.69) is 10.1 Å². The van der Waals surface area contributed by atoms with Crippen LogP contribution in [-0.2, 0) is 9.53 Å². The second-order valence-electron chi connectivity index (χ2n) is 4.70. The first-order valence-electron chi connectivity index (χ1n) is 6.82. The zero-order valence-electron chi connectivity index (χ0n) is 12.7. The molecule has 2 rings (SSSR count). The van der Waals surface area contributed by atoms with Gasteiger partial charge in [0.25, 0.3) is 0 Å². The van der Waals surface area contributed by atoms with Crippen LogP contribution in [0.1, 0.15) is 21.3 Å². The summed E-state index contributed by atoms with van der Waals surface area (Å²) in [6, 6.07) is 13.3. The third-order valence-corrected chi connectivity index (χ3v) is 3.64. The number of hydrogen-bond acceptors (Lipinski definition) is 4. The van der Waals surface area contributed by atoms with Crippen LogP contribution in [0.3, 0.4) is 0 Å². The molecule has 0 saturated carbocycles. The van der Waals surface area contributed by atoms with Gasteiger partial charge in [0.1, 0.15) is 11.1 Å². The molecule has 6 heteroatoms. The molecule has 1 amide bonds. The number of nitrogens with one attached hydrogen (secondary N) is 1. The maximum atomic E-state index is 12.2. The van der Waals surface area contributed by atoms with Gasteiger partial charge in [-0.25, -0.2) is 4.79 Å². The van der Waals surface area contributed by atoms with Crippen LogP contribution in [0.15, 0.2) is 48.5 Å². The maximum absolute atomic E-state index is 12.2. The topological polar surface area (TPSA) is 64.6 Å². The van der Waals surface area contributed by atoms with Gasteiger partial charge >= 0.3 is 5.97 Å². The van der Waals surface area contributed by atoms with E-state index in [1.54, 1.807) is 55.6 Å². The number of methoxy groups -OCH3 is 2.